The van der Waals surface area contributed by atoms with Crippen LogP contribution in [0.15, 0.2) is 35.1 Å². The van der Waals surface area contributed by atoms with Gasteiger partial charge in [0.1, 0.15) is 6.33 Å². The SMILES string of the molecule is CC1(N)CCCCC1C(=O)Nc1ncn(Cc2cccc(Br)c2)n1. The minimum absolute atomic E-state index is 0.0834. The largest absolute Gasteiger partial charge is 0.325 e. The van der Waals surface area contributed by atoms with Crippen LogP contribution < -0.4 is 11.1 Å². The van der Waals surface area contributed by atoms with Gasteiger partial charge in [-0.15, -0.1) is 5.10 Å². The molecule has 3 N–H and O–H groups in total. The van der Waals surface area contributed by atoms with Crippen LogP contribution >= 0.6 is 15.9 Å². The molecular weight excluding hydrogens is 370 g/mol. The second-order valence-corrected chi connectivity index (χ2v) is 7.60. The molecule has 1 aliphatic rings. The molecule has 2 unspecified atom stereocenters. The van der Waals surface area contributed by atoms with Gasteiger partial charge in [-0.2, -0.15) is 0 Å². The van der Waals surface area contributed by atoms with Crippen molar-refractivity contribution in [3.63, 3.8) is 0 Å². The first kappa shape index (κ1) is 17.1. The summed E-state index contributed by atoms with van der Waals surface area (Å²) in [4.78, 5) is 16.7. The lowest BCUT2D eigenvalue weighted by atomic mass is 9.74. The Labute approximate surface area is 150 Å². The minimum Gasteiger partial charge on any atom is -0.325 e. The summed E-state index contributed by atoms with van der Waals surface area (Å²) < 4.78 is 2.73. The van der Waals surface area contributed by atoms with Gasteiger partial charge < -0.3 is 5.73 Å². The third-order valence-corrected chi connectivity index (χ3v) is 5.07. The smallest absolute Gasteiger partial charge is 0.248 e. The maximum absolute atomic E-state index is 12.5. The quantitative estimate of drug-likeness (QED) is 0.838. The van der Waals surface area contributed by atoms with Gasteiger partial charge in [0.2, 0.25) is 11.9 Å². The summed E-state index contributed by atoms with van der Waals surface area (Å²) in [5, 5.41) is 7.15. The van der Waals surface area contributed by atoms with Crippen LogP contribution in [0.4, 0.5) is 5.95 Å². The molecule has 6 nitrogen and oxygen atoms in total. The average Bonchev–Trinajstić information content (AvgIpc) is 2.93. The van der Waals surface area contributed by atoms with Crippen molar-refractivity contribution in [1.29, 1.82) is 0 Å². The number of halogens is 1. The van der Waals surface area contributed by atoms with Crippen molar-refractivity contribution in [2.45, 2.75) is 44.7 Å². The van der Waals surface area contributed by atoms with Crippen molar-refractivity contribution in [1.82, 2.24) is 14.8 Å². The Bertz CT molecular complexity index is 727. The van der Waals surface area contributed by atoms with E-state index >= 15 is 0 Å². The molecule has 1 heterocycles. The molecular formula is C17H22BrN5O. The number of nitrogens with two attached hydrogens (primary N) is 1. The molecule has 1 fully saturated rings. The van der Waals surface area contributed by atoms with Gasteiger partial charge in [0.15, 0.2) is 0 Å². The minimum atomic E-state index is -0.457. The van der Waals surface area contributed by atoms with E-state index in [9.17, 15) is 4.79 Å². The lowest BCUT2D eigenvalue weighted by Crippen LogP contribution is -2.51. The summed E-state index contributed by atoms with van der Waals surface area (Å²) in [6, 6.07) is 8.00. The number of benzene rings is 1. The monoisotopic (exact) mass is 391 g/mol. The molecule has 2 aromatic rings. The third kappa shape index (κ3) is 4.02. The van der Waals surface area contributed by atoms with Gasteiger partial charge in [-0.05, 0) is 37.5 Å². The first-order valence-electron chi connectivity index (χ1n) is 8.18. The van der Waals surface area contributed by atoms with Crippen LogP contribution in [0.3, 0.4) is 0 Å². The molecule has 2 atom stereocenters. The molecule has 3 rings (SSSR count). The van der Waals surface area contributed by atoms with E-state index in [0.717, 1.165) is 35.7 Å². The zero-order valence-corrected chi connectivity index (χ0v) is 15.3. The number of hydrogen-bond donors (Lipinski definition) is 2. The van der Waals surface area contributed by atoms with E-state index in [0.29, 0.717) is 12.5 Å². The predicted octanol–water partition coefficient (Wildman–Crippen LogP) is 2.94. The summed E-state index contributed by atoms with van der Waals surface area (Å²) in [7, 11) is 0. The molecule has 1 aromatic carbocycles. The second-order valence-electron chi connectivity index (χ2n) is 6.69. The topological polar surface area (TPSA) is 85.8 Å². The lowest BCUT2D eigenvalue weighted by molar-refractivity contribution is -0.122. The van der Waals surface area contributed by atoms with Crippen molar-refractivity contribution < 1.29 is 4.79 Å². The second kappa shape index (κ2) is 7.03. The maximum Gasteiger partial charge on any atom is 0.248 e. The van der Waals surface area contributed by atoms with E-state index in [4.69, 9.17) is 5.73 Å². The van der Waals surface area contributed by atoms with Gasteiger partial charge in [0.05, 0.1) is 12.5 Å². The van der Waals surface area contributed by atoms with Crippen molar-refractivity contribution in [2.24, 2.45) is 11.7 Å². The Morgan fingerprint density at radius 2 is 2.33 bits per heavy atom. The van der Waals surface area contributed by atoms with Crippen LogP contribution in [0, 0.1) is 5.92 Å². The summed E-state index contributed by atoms with van der Waals surface area (Å²) in [6.45, 7) is 2.55. The number of rotatable bonds is 4. The van der Waals surface area contributed by atoms with Crippen molar-refractivity contribution in [3.05, 3.63) is 40.6 Å². The maximum atomic E-state index is 12.5. The number of carbonyl (C=O) groups is 1. The first-order valence-corrected chi connectivity index (χ1v) is 8.97. The number of carbonyl (C=O) groups excluding carboxylic acids is 1. The number of hydrogen-bond acceptors (Lipinski definition) is 4. The summed E-state index contributed by atoms with van der Waals surface area (Å²) in [6.07, 6.45) is 5.43. The molecule has 1 amide bonds. The van der Waals surface area contributed by atoms with Gasteiger partial charge in [-0.3, -0.25) is 10.1 Å². The number of anilines is 1. The average molecular weight is 392 g/mol. The van der Waals surface area contributed by atoms with E-state index in [-0.39, 0.29) is 11.8 Å². The van der Waals surface area contributed by atoms with E-state index in [2.05, 4.69) is 31.3 Å². The Kier molecular flexibility index (Phi) is 5.01. The van der Waals surface area contributed by atoms with Crippen molar-refractivity contribution in [3.8, 4) is 0 Å². The third-order valence-electron chi connectivity index (χ3n) is 4.58. The Balaban J connectivity index is 1.64. The Morgan fingerprint density at radius 1 is 1.50 bits per heavy atom. The number of amides is 1. The summed E-state index contributed by atoms with van der Waals surface area (Å²) in [5.41, 5.74) is 6.94. The molecule has 0 saturated heterocycles. The molecule has 128 valence electrons. The Morgan fingerprint density at radius 3 is 3.08 bits per heavy atom. The van der Waals surface area contributed by atoms with Crippen molar-refractivity contribution in [2.75, 3.05) is 5.32 Å². The highest BCUT2D eigenvalue weighted by molar-refractivity contribution is 9.10. The molecule has 0 radical (unpaired) electrons. The lowest BCUT2D eigenvalue weighted by Gasteiger charge is -2.36. The van der Waals surface area contributed by atoms with Gasteiger partial charge in [-0.1, -0.05) is 40.9 Å². The molecule has 1 aliphatic carbocycles. The van der Waals surface area contributed by atoms with Gasteiger partial charge >= 0.3 is 0 Å². The summed E-state index contributed by atoms with van der Waals surface area (Å²) >= 11 is 3.45. The number of aromatic nitrogens is 3. The van der Waals surface area contributed by atoms with Gasteiger partial charge in [-0.25, -0.2) is 9.67 Å². The van der Waals surface area contributed by atoms with Crippen LogP contribution in [0.25, 0.3) is 0 Å². The van der Waals surface area contributed by atoms with E-state index < -0.39 is 5.54 Å². The zero-order chi connectivity index (χ0) is 17.2. The number of nitrogens with zero attached hydrogens (tertiary/aromatic N) is 3. The summed E-state index contributed by atoms with van der Waals surface area (Å²) in [5.74, 6) is 0.0551. The molecule has 0 spiro atoms. The highest BCUT2D eigenvalue weighted by Crippen LogP contribution is 2.32. The highest BCUT2D eigenvalue weighted by Gasteiger charge is 2.38. The highest BCUT2D eigenvalue weighted by atomic mass is 79.9. The molecule has 1 saturated carbocycles. The van der Waals surface area contributed by atoms with Crippen LogP contribution in [0.2, 0.25) is 0 Å². The van der Waals surface area contributed by atoms with E-state index in [1.54, 1.807) is 11.0 Å². The number of nitrogens with one attached hydrogen (secondary N) is 1. The fraction of sp³-hybridized carbons (Fsp3) is 0.471. The molecule has 1 aromatic heterocycles. The van der Waals surface area contributed by atoms with Crippen LogP contribution in [0.5, 0.6) is 0 Å². The molecule has 0 aliphatic heterocycles. The predicted molar refractivity (Wildman–Crippen MR) is 96.4 cm³/mol. The van der Waals surface area contributed by atoms with Gasteiger partial charge in [0, 0.05) is 10.0 Å². The molecule has 7 heteroatoms. The fourth-order valence-corrected chi connectivity index (χ4v) is 3.68. The van der Waals surface area contributed by atoms with Crippen LogP contribution in [-0.4, -0.2) is 26.2 Å². The normalized spacial score (nSPS) is 23.9. The molecule has 24 heavy (non-hydrogen) atoms. The van der Waals surface area contributed by atoms with E-state index in [1.807, 2.05) is 31.2 Å². The van der Waals surface area contributed by atoms with Gasteiger partial charge in [0.25, 0.3) is 0 Å². The Hall–Kier alpha value is -1.73. The zero-order valence-electron chi connectivity index (χ0n) is 13.7. The first-order chi connectivity index (χ1) is 11.4. The standard InChI is InChI=1S/C17H22BrN5O/c1-17(19)8-3-2-7-14(17)15(24)21-16-20-11-23(22-16)10-12-5-4-6-13(18)9-12/h4-6,9,11,14H,2-3,7-8,10,19H2,1H3,(H,21,22,24). The molecule has 0 bridgehead atoms. The van der Waals surface area contributed by atoms with Crippen LogP contribution in [0.1, 0.15) is 38.2 Å². The van der Waals surface area contributed by atoms with Crippen LogP contribution in [-0.2, 0) is 11.3 Å². The van der Waals surface area contributed by atoms with Crippen molar-refractivity contribution >= 4 is 27.8 Å². The van der Waals surface area contributed by atoms with E-state index in [1.165, 1.54) is 0 Å². The fourth-order valence-electron chi connectivity index (χ4n) is 3.24.